The van der Waals surface area contributed by atoms with E-state index in [1.165, 1.54) is 17.1 Å². The summed E-state index contributed by atoms with van der Waals surface area (Å²) < 4.78 is 63.1. The van der Waals surface area contributed by atoms with Crippen LogP contribution in [-0.4, -0.2) is 267 Å². The molecule has 3 unspecified atom stereocenters. The number of carbonyl (C=O) groups is 8. The molecule has 32 heteroatoms. The van der Waals surface area contributed by atoms with Gasteiger partial charge in [-0.15, -0.1) is 5.10 Å². The Morgan fingerprint density at radius 3 is 1.19 bits per heavy atom. The first-order chi connectivity index (χ1) is 45.5. The van der Waals surface area contributed by atoms with Gasteiger partial charge in [0.2, 0.25) is 0 Å². The number of carbonyl (C=O) groups excluding carboxylic acids is 8. The number of nitrogens with one attached hydrogen (secondary N) is 2. The first-order valence-electron chi connectivity index (χ1n) is 32.1. The quantitative estimate of drug-likeness (QED) is 0.0182. The van der Waals surface area contributed by atoms with Crippen LogP contribution in [0.5, 0.6) is 0 Å². The minimum Gasteiger partial charge on any atom is -0.447 e. The Morgan fingerprint density at radius 2 is 0.819 bits per heavy atom. The molecule has 538 valence electrons. The molecule has 3 heterocycles. The standard InChI is InChI=1S/C19H32N2O7.C15H32N2O5.C11H13N3O3.C10H24N2O3.C7H7NO4/c1-3-16(2)28-19(24)20-8-4-10-25-12-14-27-15-13-26-11-5-9-21-17(22)6-7-18(21)23;1-3-14(2)22-15(18)17-7-5-9-20-11-13-21-12-10-19-8-4-6-16;1-3-8(2)16-11(15)17-14-10-7-5-4-6-9(10)12-13-14;11-3-1-5-13-7-9-15-10-8-14-6-2-4-12;9-4-5(10)3-8-6(11)1-2-7(8)12/h6-7,16H,3-5,8-15H2,1-2H3,(H,20,24);14H,3-13,16H2,1-2H3,(H,17,18);4-8H,3H2,1-2H3;1-12H2;1-2,9H,3-4H2. The zero-order chi connectivity index (χ0) is 69.7. The van der Waals surface area contributed by atoms with Gasteiger partial charge in [0.1, 0.15) is 36.0 Å². The Kier molecular flexibility index (Phi) is 56.9. The molecule has 1 aromatic heterocycles. The number of para-hydroxylation sites is 1. The molecule has 94 heavy (non-hydrogen) atoms. The normalized spacial score (nSPS) is 13.2. The fourth-order valence-electron chi connectivity index (χ4n) is 6.57. The monoisotopic (exact) mass is 1340 g/mol. The first kappa shape index (κ1) is 87.3. The number of aliphatic hydroxyl groups is 1. The molecule has 9 N–H and O–H groups in total. The van der Waals surface area contributed by atoms with Gasteiger partial charge in [0.05, 0.1) is 85.8 Å². The Labute approximate surface area is 552 Å². The Balaban J connectivity index is 0.00000118. The zero-order valence-electron chi connectivity index (χ0n) is 56.1. The number of aromatic nitrogens is 3. The van der Waals surface area contributed by atoms with Crippen molar-refractivity contribution in [2.45, 2.75) is 118 Å². The molecule has 0 aliphatic carbocycles. The van der Waals surface area contributed by atoms with E-state index in [4.69, 9.17) is 84.0 Å². The van der Waals surface area contributed by atoms with Gasteiger partial charge in [0.25, 0.3) is 23.6 Å². The first-order valence-corrected chi connectivity index (χ1v) is 32.1. The van der Waals surface area contributed by atoms with E-state index in [2.05, 4.69) is 20.9 Å². The number of nitrogens with two attached hydrogens (primary N) is 3. The maximum absolute atomic E-state index is 11.4. The van der Waals surface area contributed by atoms with Crippen LogP contribution in [0.25, 0.3) is 11.0 Å². The summed E-state index contributed by atoms with van der Waals surface area (Å²) >= 11 is 0. The van der Waals surface area contributed by atoms with E-state index in [0.29, 0.717) is 182 Å². The Hall–Kier alpha value is -6.66. The predicted molar refractivity (Wildman–Crippen MR) is 345 cm³/mol. The number of imide groups is 2. The average Bonchev–Trinajstić information content (AvgIpc) is 1.72. The molecule has 6 amide bonds. The molecule has 0 spiro atoms. The fourth-order valence-corrected chi connectivity index (χ4v) is 6.57. The summed E-state index contributed by atoms with van der Waals surface area (Å²) in [5.74, 6) is -2.12. The van der Waals surface area contributed by atoms with Gasteiger partial charge < -0.3 is 89.8 Å². The largest absolute Gasteiger partial charge is 0.535 e. The minimum atomic E-state index is -0.782. The number of amides is 6. The summed E-state index contributed by atoms with van der Waals surface area (Å²) in [7, 11) is 0. The fraction of sp³-hybridized carbons (Fsp3) is 0.710. The molecule has 3 atom stereocenters. The molecule has 0 saturated carbocycles. The van der Waals surface area contributed by atoms with Crippen LogP contribution in [0.15, 0.2) is 48.6 Å². The molecule has 2 aliphatic rings. The van der Waals surface area contributed by atoms with Gasteiger partial charge in [-0.05, 0) is 116 Å². The van der Waals surface area contributed by atoms with Crippen molar-refractivity contribution in [3.63, 3.8) is 0 Å². The number of hydrogen-bond acceptors (Lipinski definition) is 27. The van der Waals surface area contributed by atoms with Crippen molar-refractivity contribution in [2.24, 2.45) is 17.2 Å². The molecule has 0 radical (unpaired) electrons. The minimum absolute atomic E-state index is 0.0484. The number of ketones is 1. The van der Waals surface area contributed by atoms with Gasteiger partial charge in [-0.1, -0.05) is 37.7 Å². The maximum atomic E-state index is 11.4. The molecular weight excluding hydrogens is 1240 g/mol. The predicted octanol–water partition coefficient (Wildman–Crippen LogP) is 2.57. The van der Waals surface area contributed by atoms with E-state index < -0.39 is 36.5 Å². The number of nitrogens with zero attached hydrogens (tertiary/aromatic N) is 5. The molecule has 0 bridgehead atoms. The average molecular weight is 1350 g/mol. The third-order valence-electron chi connectivity index (χ3n) is 12.3. The summed E-state index contributed by atoms with van der Waals surface area (Å²) in [4.78, 5) is 97.0. The summed E-state index contributed by atoms with van der Waals surface area (Å²) in [5, 5.41) is 21.3. The summed E-state index contributed by atoms with van der Waals surface area (Å²) in [5.41, 5.74) is 17.2. The summed E-state index contributed by atoms with van der Waals surface area (Å²) in [6, 6.07) is 7.18. The number of benzene rings is 1. The smallest absolute Gasteiger partial charge is 0.447 e. The molecule has 0 saturated heterocycles. The molecule has 4 rings (SSSR count). The third-order valence-corrected chi connectivity index (χ3v) is 12.3. The number of rotatable bonds is 49. The van der Waals surface area contributed by atoms with Crippen molar-refractivity contribution in [3.05, 3.63) is 48.6 Å². The second-order valence-electron chi connectivity index (χ2n) is 20.2. The lowest BCUT2D eigenvalue weighted by Crippen LogP contribution is -2.35. The number of Topliss-reactive ketones (excluding diaryl/α,β-unsaturated/α-hetero) is 1. The van der Waals surface area contributed by atoms with E-state index in [9.17, 15) is 38.4 Å². The lowest BCUT2D eigenvalue weighted by molar-refractivity contribution is -0.141. The van der Waals surface area contributed by atoms with Crippen LogP contribution in [0, 0.1) is 0 Å². The van der Waals surface area contributed by atoms with Crippen LogP contribution < -0.4 is 32.7 Å². The topological polar surface area (TPSA) is 416 Å². The van der Waals surface area contributed by atoms with Gasteiger partial charge in [0, 0.05) is 83.6 Å². The van der Waals surface area contributed by atoms with Crippen LogP contribution in [0.2, 0.25) is 0 Å². The van der Waals surface area contributed by atoms with E-state index in [1.54, 1.807) is 19.1 Å². The second kappa shape index (κ2) is 61.2. The van der Waals surface area contributed by atoms with E-state index in [-0.39, 0.29) is 42.8 Å². The SMILES string of the molecule is CCC(C)OC(=O)NCCCOCCOCCOCCCN.CCC(C)OC(=O)NCCCOCCOCCOCCCN1C(=O)C=CC1=O.CCC(C)OC(=O)On1nnc2ccccc21.NCCCOCCOCCOCCCN.O=C(CO)CN1C(=O)C=CC1=O. The molecule has 1 aromatic carbocycles. The van der Waals surface area contributed by atoms with E-state index >= 15 is 0 Å². The highest BCUT2D eigenvalue weighted by Gasteiger charge is 2.25. The zero-order valence-corrected chi connectivity index (χ0v) is 56.1. The van der Waals surface area contributed by atoms with E-state index in [1.807, 2.05) is 46.8 Å². The highest BCUT2D eigenvalue weighted by Crippen LogP contribution is 2.09. The number of alkyl carbamates (subject to hydrolysis) is 2. The van der Waals surface area contributed by atoms with Crippen LogP contribution in [0.3, 0.4) is 0 Å². The Bertz CT molecular complexity index is 2320. The third kappa shape index (κ3) is 49.0. The number of ether oxygens (including phenoxy) is 12. The van der Waals surface area contributed by atoms with Crippen molar-refractivity contribution in [1.29, 1.82) is 0 Å². The van der Waals surface area contributed by atoms with E-state index in [0.717, 1.165) is 66.8 Å². The Morgan fingerprint density at radius 1 is 0.479 bits per heavy atom. The maximum Gasteiger partial charge on any atom is 0.535 e. The molecule has 0 fully saturated rings. The van der Waals surface area contributed by atoms with Gasteiger partial charge in [-0.25, -0.2) is 14.4 Å². The van der Waals surface area contributed by atoms with Crippen molar-refractivity contribution < 1.29 is 105 Å². The van der Waals surface area contributed by atoms with Gasteiger partial charge in [0.15, 0.2) is 5.78 Å². The van der Waals surface area contributed by atoms with Crippen LogP contribution in [0.4, 0.5) is 14.4 Å². The second-order valence-corrected chi connectivity index (χ2v) is 20.2. The summed E-state index contributed by atoms with van der Waals surface area (Å²) in [6.45, 7) is 24.0. The summed E-state index contributed by atoms with van der Waals surface area (Å²) in [6.07, 6.45) is 9.95. The van der Waals surface area contributed by atoms with Crippen molar-refractivity contribution in [2.75, 3.05) is 171 Å². The number of aliphatic hydroxyl groups excluding tert-OH is 1. The van der Waals surface area contributed by atoms with Crippen LogP contribution in [0.1, 0.15) is 99.3 Å². The van der Waals surface area contributed by atoms with Crippen LogP contribution in [-0.2, 0) is 80.8 Å². The molecule has 32 nitrogen and oxygen atoms in total. The molecule has 2 aromatic rings. The number of hydrogen-bond donors (Lipinski definition) is 6. The lowest BCUT2D eigenvalue weighted by atomic mass is 10.3. The van der Waals surface area contributed by atoms with Crippen molar-refractivity contribution in [3.8, 4) is 0 Å². The van der Waals surface area contributed by atoms with Gasteiger partial charge >= 0.3 is 18.3 Å². The van der Waals surface area contributed by atoms with Crippen molar-refractivity contribution in [1.82, 2.24) is 35.6 Å². The molecular formula is C62H108N10O22. The van der Waals surface area contributed by atoms with Gasteiger partial charge in [-0.3, -0.25) is 38.6 Å². The van der Waals surface area contributed by atoms with Gasteiger partial charge in [-0.2, -0.15) is 0 Å². The lowest BCUT2D eigenvalue weighted by Gasteiger charge is -2.13. The highest BCUT2D eigenvalue weighted by atomic mass is 16.8. The van der Waals surface area contributed by atoms with Crippen LogP contribution >= 0.6 is 0 Å². The van der Waals surface area contributed by atoms with Crippen molar-refractivity contribution >= 4 is 58.8 Å². The molecule has 2 aliphatic heterocycles. The highest BCUT2D eigenvalue weighted by molar-refractivity contribution is 6.14. The number of fused-ring (bicyclic) bond motifs is 1.